The summed E-state index contributed by atoms with van der Waals surface area (Å²) in [6, 6.07) is 10.0. The molecule has 0 radical (unpaired) electrons. The van der Waals surface area contributed by atoms with Crippen molar-refractivity contribution < 1.29 is 9.53 Å². The van der Waals surface area contributed by atoms with Crippen molar-refractivity contribution >= 4 is 11.7 Å². The molecule has 1 aliphatic rings. The summed E-state index contributed by atoms with van der Waals surface area (Å²) in [4.78, 5) is 13.5. The fourth-order valence-electron chi connectivity index (χ4n) is 1.80. The van der Waals surface area contributed by atoms with Gasteiger partial charge in [-0.15, -0.1) is 0 Å². The van der Waals surface area contributed by atoms with Crippen molar-refractivity contribution in [3.05, 3.63) is 42.5 Å². The largest absolute Gasteiger partial charge is 0.444 e. The normalized spacial score (nSPS) is 18.4. The third kappa shape index (κ3) is 2.92. The number of carbonyl (C=O) groups is 1. The molecule has 0 saturated carbocycles. The summed E-state index contributed by atoms with van der Waals surface area (Å²) < 4.78 is 5.32. The first-order chi connectivity index (χ1) is 8.38. The second-order valence-electron chi connectivity index (χ2n) is 5.54. The Balaban J connectivity index is 1.96. The van der Waals surface area contributed by atoms with Gasteiger partial charge in [-0.1, -0.05) is 36.9 Å². The molecule has 1 aromatic carbocycles. The van der Waals surface area contributed by atoms with Crippen molar-refractivity contribution in [2.75, 3.05) is 6.54 Å². The van der Waals surface area contributed by atoms with Gasteiger partial charge in [0.1, 0.15) is 5.60 Å². The van der Waals surface area contributed by atoms with Gasteiger partial charge in [-0.2, -0.15) is 0 Å². The van der Waals surface area contributed by atoms with E-state index in [-0.39, 0.29) is 12.1 Å². The Bertz CT molecular complexity index is 459. The summed E-state index contributed by atoms with van der Waals surface area (Å²) in [5.74, 6) is 0. The molecule has 0 aromatic heterocycles. The van der Waals surface area contributed by atoms with E-state index in [9.17, 15) is 4.79 Å². The molecule has 3 heteroatoms. The molecule has 0 spiro atoms. The SMILES string of the molecule is C=C(c1ccccc1)C1CN1C(=O)OC(C)(C)C. The summed E-state index contributed by atoms with van der Waals surface area (Å²) in [6.45, 7) is 10.4. The van der Waals surface area contributed by atoms with Crippen molar-refractivity contribution in [1.29, 1.82) is 0 Å². The molecule has 2 rings (SSSR count). The molecule has 3 nitrogen and oxygen atoms in total. The number of hydrogen-bond donors (Lipinski definition) is 0. The average molecular weight is 245 g/mol. The Morgan fingerprint density at radius 3 is 2.50 bits per heavy atom. The highest BCUT2D eigenvalue weighted by Gasteiger charge is 2.42. The molecule has 96 valence electrons. The fourth-order valence-corrected chi connectivity index (χ4v) is 1.80. The standard InChI is InChI=1S/C15H19NO2/c1-11(12-8-6-5-7-9-12)13-10-16(13)14(17)18-15(2,3)4/h5-9,13H,1,10H2,2-4H3. The Hall–Kier alpha value is -1.77. The molecule has 1 aromatic rings. The van der Waals surface area contributed by atoms with Gasteiger partial charge >= 0.3 is 6.09 Å². The van der Waals surface area contributed by atoms with E-state index in [0.29, 0.717) is 6.54 Å². The van der Waals surface area contributed by atoms with Crippen molar-refractivity contribution in [2.24, 2.45) is 0 Å². The van der Waals surface area contributed by atoms with Crippen LogP contribution in [0.4, 0.5) is 4.79 Å². The highest BCUT2D eigenvalue weighted by Crippen LogP contribution is 2.32. The molecule has 1 atom stereocenters. The molecule has 0 N–H and O–H groups in total. The summed E-state index contributed by atoms with van der Waals surface area (Å²) in [5.41, 5.74) is 1.60. The highest BCUT2D eigenvalue weighted by molar-refractivity contribution is 5.80. The van der Waals surface area contributed by atoms with Crippen LogP contribution in [0.2, 0.25) is 0 Å². The third-order valence-electron chi connectivity index (χ3n) is 2.79. The lowest BCUT2D eigenvalue weighted by Gasteiger charge is -2.20. The lowest BCUT2D eigenvalue weighted by Crippen LogP contribution is -2.28. The lowest BCUT2D eigenvalue weighted by molar-refractivity contribution is 0.0415. The summed E-state index contributed by atoms with van der Waals surface area (Å²) >= 11 is 0. The molecule has 0 aliphatic carbocycles. The first-order valence-corrected chi connectivity index (χ1v) is 6.12. The van der Waals surface area contributed by atoms with E-state index in [0.717, 1.165) is 11.1 Å². The molecule has 1 heterocycles. The van der Waals surface area contributed by atoms with E-state index < -0.39 is 5.60 Å². The van der Waals surface area contributed by atoms with Gasteiger partial charge in [0.2, 0.25) is 0 Å². The average Bonchev–Trinajstić information content (AvgIpc) is 3.07. The van der Waals surface area contributed by atoms with E-state index in [1.807, 2.05) is 51.1 Å². The Morgan fingerprint density at radius 2 is 1.94 bits per heavy atom. The Kier molecular flexibility index (Phi) is 3.16. The zero-order valence-electron chi connectivity index (χ0n) is 11.1. The zero-order chi connectivity index (χ0) is 13.3. The molecular weight excluding hydrogens is 226 g/mol. The number of amides is 1. The van der Waals surface area contributed by atoms with Crippen LogP contribution in [0.3, 0.4) is 0 Å². The van der Waals surface area contributed by atoms with Gasteiger partial charge in [0.15, 0.2) is 0 Å². The van der Waals surface area contributed by atoms with Crippen molar-refractivity contribution in [1.82, 2.24) is 4.90 Å². The van der Waals surface area contributed by atoms with Crippen LogP contribution >= 0.6 is 0 Å². The number of nitrogens with zero attached hydrogens (tertiary/aromatic N) is 1. The molecule has 1 fully saturated rings. The first-order valence-electron chi connectivity index (χ1n) is 6.12. The number of benzene rings is 1. The molecule has 0 bridgehead atoms. The van der Waals surface area contributed by atoms with E-state index in [1.54, 1.807) is 4.90 Å². The van der Waals surface area contributed by atoms with Crippen LogP contribution in [0.1, 0.15) is 26.3 Å². The molecular formula is C15H19NO2. The summed E-state index contributed by atoms with van der Waals surface area (Å²) in [5, 5.41) is 0. The summed E-state index contributed by atoms with van der Waals surface area (Å²) in [6.07, 6.45) is -0.260. The summed E-state index contributed by atoms with van der Waals surface area (Å²) in [7, 11) is 0. The van der Waals surface area contributed by atoms with E-state index in [2.05, 4.69) is 6.58 Å². The maximum Gasteiger partial charge on any atom is 0.410 e. The van der Waals surface area contributed by atoms with Crippen LogP contribution in [0.5, 0.6) is 0 Å². The van der Waals surface area contributed by atoms with Crippen LogP contribution in [-0.4, -0.2) is 29.2 Å². The fraction of sp³-hybridized carbons (Fsp3) is 0.400. The second kappa shape index (κ2) is 4.48. The van der Waals surface area contributed by atoms with Gasteiger partial charge in [0.25, 0.3) is 0 Å². The maximum atomic E-state index is 11.8. The number of hydrogen-bond acceptors (Lipinski definition) is 2. The van der Waals surface area contributed by atoms with E-state index >= 15 is 0 Å². The minimum absolute atomic E-state index is 0.0854. The topological polar surface area (TPSA) is 29.3 Å². The first kappa shape index (κ1) is 12.7. The molecule has 1 saturated heterocycles. The zero-order valence-corrected chi connectivity index (χ0v) is 11.1. The quantitative estimate of drug-likeness (QED) is 0.748. The van der Waals surface area contributed by atoms with Crippen molar-refractivity contribution in [3.63, 3.8) is 0 Å². The van der Waals surface area contributed by atoms with Crippen LogP contribution < -0.4 is 0 Å². The van der Waals surface area contributed by atoms with Gasteiger partial charge in [0, 0.05) is 6.54 Å². The second-order valence-corrected chi connectivity index (χ2v) is 5.54. The van der Waals surface area contributed by atoms with E-state index in [1.165, 1.54) is 0 Å². The maximum absolute atomic E-state index is 11.8. The van der Waals surface area contributed by atoms with Gasteiger partial charge in [0.05, 0.1) is 6.04 Å². The van der Waals surface area contributed by atoms with Crippen LogP contribution in [0, 0.1) is 0 Å². The van der Waals surface area contributed by atoms with Gasteiger partial charge in [-0.25, -0.2) is 4.79 Å². The molecule has 1 unspecified atom stereocenters. The highest BCUT2D eigenvalue weighted by atomic mass is 16.6. The number of rotatable bonds is 2. The Morgan fingerprint density at radius 1 is 1.33 bits per heavy atom. The van der Waals surface area contributed by atoms with Gasteiger partial charge in [-0.05, 0) is 31.9 Å². The smallest absolute Gasteiger partial charge is 0.410 e. The monoisotopic (exact) mass is 245 g/mol. The van der Waals surface area contributed by atoms with E-state index in [4.69, 9.17) is 4.74 Å². The number of carbonyl (C=O) groups excluding carboxylic acids is 1. The number of ether oxygens (including phenoxy) is 1. The predicted molar refractivity (Wildman–Crippen MR) is 72.2 cm³/mol. The van der Waals surface area contributed by atoms with Crippen LogP contribution in [0.25, 0.3) is 5.57 Å². The van der Waals surface area contributed by atoms with Crippen molar-refractivity contribution in [2.45, 2.75) is 32.4 Å². The minimum atomic E-state index is -0.446. The van der Waals surface area contributed by atoms with Gasteiger partial charge in [-0.3, -0.25) is 4.90 Å². The third-order valence-corrected chi connectivity index (χ3v) is 2.79. The van der Waals surface area contributed by atoms with Crippen LogP contribution in [-0.2, 0) is 4.74 Å². The minimum Gasteiger partial charge on any atom is -0.444 e. The molecule has 1 amide bonds. The van der Waals surface area contributed by atoms with Gasteiger partial charge < -0.3 is 4.74 Å². The molecule has 18 heavy (non-hydrogen) atoms. The predicted octanol–water partition coefficient (Wildman–Crippen LogP) is 3.32. The van der Waals surface area contributed by atoms with Crippen molar-refractivity contribution in [3.8, 4) is 0 Å². The lowest BCUT2D eigenvalue weighted by atomic mass is 10.1. The Labute approximate surface area is 108 Å². The van der Waals surface area contributed by atoms with Crippen LogP contribution in [0.15, 0.2) is 36.9 Å². The molecule has 1 aliphatic heterocycles.